The average Bonchev–Trinajstić information content (AvgIpc) is 2.74. The molecule has 1 aliphatic carbocycles. The van der Waals surface area contributed by atoms with Crippen molar-refractivity contribution in [2.45, 2.75) is 76.4 Å². The zero-order valence-corrected chi connectivity index (χ0v) is 10.6. The Bertz CT molecular complexity index is 209. The Labute approximate surface area is 99.4 Å². The van der Waals surface area contributed by atoms with Crippen LogP contribution in [0.25, 0.3) is 0 Å². The van der Waals surface area contributed by atoms with E-state index in [9.17, 15) is 5.11 Å². The van der Waals surface area contributed by atoms with Crippen LogP contribution in [0, 0.1) is 5.92 Å². The van der Waals surface area contributed by atoms with Crippen LogP contribution in [-0.4, -0.2) is 23.4 Å². The van der Waals surface area contributed by atoms with Gasteiger partial charge in [-0.1, -0.05) is 19.8 Å². The van der Waals surface area contributed by atoms with Gasteiger partial charge in [-0.3, -0.25) is 0 Å². The summed E-state index contributed by atoms with van der Waals surface area (Å²) in [6.45, 7) is 3.01. The summed E-state index contributed by atoms with van der Waals surface area (Å²) in [5, 5.41) is 9.61. The molecule has 2 rings (SSSR count). The number of aliphatic hydroxyl groups excluding tert-OH is 1. The topological polar surface area (TPSA) is 29.5 Å². The lowest BCUT2D eigenvalue weighted by molar-refractivity contribution is -0.0948. The van der Waals surface area contributed by atoms with Crippen molar-refractivity contribution in [1.82, 2.24) is 0 Å². The molecule has 0 bridgehead atoms. The zero-order valence-electron chi connectivity index (χ0n) is 10.6. The quantitative estimate of drug-likeness (QED) is 0.797. The Morgan fingerprint density at radius 3 is 2.81 bits per heavy atom. The van der Waals surface area contributed by atoms with Gasteiger partial charge >= 0.3 is 0 Å². The predicted molar refractivity (Wildman–Crippen MR) is 65.4 cm³/mol. The van der Waals surface area contributed by atoms with Crippen LogP contribution in [-0.2, 0) is 4.74 Å². The van der Waals surface area contributed by atoms with Crippen LogP contribution >= 0.6 is 0 Å². The molecule has 16 heavy (non-hydrogen) atoms. The van der Waals surface area contributed by atoms with Gasteiger partial charge in [0.05, 0.1) is 11.7 Å². The van der Waals surface area contributed by atoms with E-state index in [-0.39, 0.29) is 11.7 Å². The molecule has 1 spiro atoms. The third kappa shape index (κ3) is 2.98. The fraction of sp³-hybridized carbons (Fsp3) is 1.00. The third-order valence-corrected chi connectivity index (χ3v) is 4.49. The van der Waals surface area contributed by atoms with E-state index in [0.717, 1.165) is 25.4 Å². The van der Waals surface area contributed by atoms with E-state index in [4.69, 9.17) is 4.74 Å². The zero-order chi connectivity index (χ0) is 11.4. The summed E-state index contributed by atoms with van der Waals surface area (Å²) in [7, 11) is 0. The summed E-state index contributed by atoms with van der Waals surface area (Å²) >= 11 is 0. The number of ether oxygens (including phenoxy) is 1. The van der Waals surface area contributed by atoms with Crippen LogP contribution in [0.1, 0.15) is 64.7 Å². The molecule has 2 atom stereocenters. The molecule has 1 aliphatic heterocycles. The number of aliphatic hydroxyl groups is 1. The van der Waals surface area contributed by atoms with Crippen molar-refractivity contribution in [1.29, 1.82) is 0 Å². The highest BCUT2D eigenvalue weighted by Gasteiger charge is 2.39. The van der Waals surface area contributed by atoms with Gasteiger partial charge in [0.2, 0.25) is 0 Å². The number of hydrogen-bond donors (Lipinski definition) is 1. The van der Waals surface area contributed by atoms with Crippen molar-refractivity contribution < 1.29 is 9.84 Å². The van der Waals surface area contributed by atoms with Crippen LogP contribution in [0.2, 0.25) is 0 Å². The van der Waals surface area contributed by atoms with Crippen molar-refractivity contribution in [3.05, 3.63) is 0 Å². The first kappa shape index (κ1) is 12.4. The predicted octanol–water partition coefficient (Wildman–Crippen LogP) is 3.28. The molecule has 1 saturated heterocycles. The molecule has 0 aromatic carbocycles. The maximum Gasteiger partial charge on any atom is 0.0685 e. The van der Waals surface area contributed by atoms with Gasteiger partial charge in [0.1, 0.15) is 0 Å². The van der Waals surface area contributed by atoms with Gasteiger partial charge in [-0.2, -0.15) is 0 Å². The molecular weight excluding hydrogens is 200 g/mol. The maximum absolute atomic E-state index is 9.61. The van der Waals surface area contributed by atoms with E-state index >= 15 is 0 Å². The summed E-state index contributed by atoms with van der Waals surface area (Å²) in [6.07, 6.45) is 10.7. The Morgan fingerprint density at radius 2 is 2.12 bits per heavy atom. The van der Waals surface area contributed by atoms with Crippen LogP contribution in [0.5, 0.6) is 0 Å². The Balaban J connectivity index is 1.78. The highest BCUT2D eigenvalue weighted by molar-refractivity contribution is 4.91. The summed E-state index contributed by atoms with van der Waals surface area (Å²) in [5.74, 6) is 0.799. The normalized spacial score (nSPS) is 30.8. The van der Waals surface area contributed by atoms with Gasteiger partial charge in [0.25, 0.3) is 0 Å². The minimum absolute atomic E-state index is 0.0811. The van der Waals surface area contributed by atoms with Crippen molar-refractivity contribution >= 4 is 0 Å². The van der Waals surface area contributed by atoms with Gasteiger partial charge in [0.15, 0.2) is 0 Å². The van der Waals surface area contributed by atoms with Crippen LogP contribution in [0.4, 0.5) is 0 Å². The molecule has 1 N–H and O–H groups in total. The molecule has 0 aromatic heterocycles. The minimum atomic E-state index is -0.0811. The number of rotatable bonds is 4. The molecule has 1 heterocycles. The van der Waals surface area contributed by atoms with Crippen molar-refractivity contribution in [2.24, 2.45) is 5.92 Å². The van der Waals surface area contributed by atoms with Crippen molar-refractivity contribution in [2.75, 3.05) is 6.61 Å². The third-order valence-electron chi connectivity index (χ3n) is 4.49. The second-order valence-electron chi connectivity index (χ2n) is 5.74. The molecule has 2 unspecified atom stereocenters. The van der Waals surface area contributed by atoms with Crippen LogP contribution in [0.15, 0.2) is 0 Å². The lowest BCUT2D eigenvalue weighted by Gasteiger charge is -2.38. The van der Waals surface area contributed by atoms with Gasteiger partial charge in [-0.05, 0) is 50.9 Å². The van der Waals surface area contributed by atoms with E-state index in [0.29, 0.717) is 0 Å². The standard InChI is InChI=1S/C14H26O2/c1-2-13(15)6-5-12-7-10-16-14(11-12)8-3-4-9-14/h12-13,15H,2-11H2,1H3. The van der Waals surface area contributed by atoms with Crippen molar-refractivity contribution in [3.63, 3.8) is 0 Å². The summed E-state index contributed by atoms with van der Waals surface area (Å²) in [6, 6.07) is 0. The Morgan fingerprint density at radius 1 is 1.38 bits per heavy atom. The molecule has 0 radical (unpaired) electrons. The molecule has 94 valence electrons. The van der Waals surface area contributed by atoms with E-state index in [1.54, 1.807) is 0 Å². The van der Waals surface area contributed by atoms with Crippen molar-refractivity contribution in [3.8, 4) is 0 Å². The van der Waals surface area contributed by atoms with E-state index in [1.807, 2.05) is 0 Å². The van der Waals surface area contributed by atoms with Crippen LogP contribution < -0.4 is 0 Å². The van der Waals surface area contributed by atoms with Gasteiger partial charge in [-0.15, -0.1) is 0 Å². The smallest absolute Gasteiger partial charge is 0.0685 e. The highest BCUT2D eigenvalue weighted by Crippen LogP contribution is 2.43. The first-order chi connectivity index (χ1) is 7.74. The summed E-state index contributed by atoms with van der Waals surface area (Å²) in [4.78, 5) is 0. The first-order valence-electron chi connectivity index (χ1n) is 7.06. The molecule has 2 heteroatoms. The van der Waals surface area contributed by atoms with Gasteiger partial charge < -0.3 is 9.84 Å². The average molecular weight is 226 g/mol. The largest absolute Gasteiger partial charge is 0.393 e. The molecular formula is C14H26O2. The van der Waals surface area contributed by atoms with E-state index in [2.05, 4.69) is 6.92 Å². The molecule has 2 nitrogen and oxygen atoms in total. The molecule has 0 aromatic rings. The first-order valence-corrected chi connectivity index (χ1v) is 7.06. The second kappa shape index (κ2) is 5.50. The van der Waals surface area contributed by atoms with Crippen LogP contribution in [0.3, 0.4) is 0 Å². The SMILES string of the molecule is CCC(O)CCC1CCOC2(CCCC2)C1. The van der Waals surface area contributed by atoms with Gasteiger partial charge in [0, 0.05) is 6.61 Å². The fourth-order valence-electron chi connectivity index (χ4n) is 3.38. The van der Waals surface area contributed by atoms with E-state index in [1.165, 1.54) is 44.9 Å². The molecule has 0 amide bonds. The second-order valence-corrected chi connectivity index (χ2v) is 5.74. The molecule has 2 fully saturated rings. The number of hydrogen-bond acceptors (Lipinski definition) is 2. The lowest BCUT2D eigenvalue weighted by atomic mass is 9.82. The maximum atomic E-state index is 9.61. The molecule has 1 saturated carbocycles. The van der Waals surface area contributed by atoms with Gasteiger partial charge in [-0.25, -0.2) is 0 Å². The summed E-state index contributed by atoms with van der Waals surface area (Å²) in [5.41, 5.74) is 0.250. The van der Waals surface area contributed by atoms with E-state index < -0.39 is 0 Å². The molecule has 2 aliphatic rings. The Hall–Kier alpha value is -0.0800. The highest BCUT2D eigenvalue weighted by atomic mass is 16.5. The fourth-order valence-corrected chi connectivity index (χ4v) is 3.38. The monoisotopic (exact) mass is 226 g/mol. The minimum Gasteiger partial charge on any atom is -0.393 e. The Kier molecular flexibility index (Phi) is 4.26. The lowest BCUT2D eigenvalue weighted by Crippen LogP contribution is -2.37. The summed E-state index contributed by atoms with van der Waals surface area (Å²) < 4.78 is 6.03.